The molecule has 102 valence electrons. The van der Waals surface area contributed by atoms with E-state index in [2.05, 4.69) is 34.1 Å². The van der Waals surface area contributed by atoms with Crippen LogP contribution in [0.25, 0.3) is 0 Å². The molecule has 0 unspecified atom stereocenters. The first-order chi connectivity index (χ1) is 9.59. The van der Waals surface area contributed by atoms with Gasteiger partial charge in [0.05, 0.1) is 11.7 Å². The lowest BCUT2D eigenvalue weighted by Gasteiger charge is -2.39. The summed E-state index contributed by atoms with van der Waals surface area (Å²) in [6, 6.07) is 16.1. The zero-order valence-corrected chi connectivity index (χ0v) is 13.0. The van der Waals surface area contributed by atoms with Gasteiger partial charge in [-0.15, -0.1) is 0 Å². The van der Waals surface area contributed by atoms with E-state index in [1.54, 1.807) is 9.80 Å². The first kappa shape index (κ1) is 13.2. The molecule has 2 amide bonds. The number of nitrogens with zero attached hydrogens (tertiary/aromatic N) is 2. The van der Waals surface area contributed by atoms with E-state index in [0.717, 1.165) is 21.3 Å². The third-order valence-corrected chi connectivity index (χ3v) is 4.23. The minimum atomic E-state index is -0.0487. The molecule has 1 aliphatic rings. The summed E-state index contributed by atoms with van der Waals surface area (Å²) in [6.07, 6.45) is 0. The molecular formula is C16H15BrN2O. The van der Waals surface area contributed by atoms with Gasteiger partial charge >= 0.3 is 6.03 Å². The highest BCUT2D eigenvalue weighted by Crippen LogP contribution is 2.40. The molecule has 3 nitrogen and oxygen atoms in total. The highest BCUT2D eigenvalue weighted by molar-refractivity contribution is 9.10. The van der Waals surface area contributed by atoms with Crippen molar-refractivity contribution in [2.75, 3.05) is 19.0 Å². The Bertz CT molecular complexity index is 657. The lowest BCUT2D eigenvalue weighted by molar-refractivity contribution is 0.202. The second-order valence-electron chi connectivity index (χ2n) is 4.97. The summed E-state index contributed by atoms with van der Waals surface area (Å²) in [5.41, 5.74) is 3.22. The van der Waals surface area contributed by atoms with Crippen molar-refractivity contribution in [3.63, 3.8) is 0 Å². The minimum absolute atomic E-state index is 0.00803. The van der Waals surface area contributed by atoms with Crippen LogP contribution in [-0.2, 0) is 0 Å². The maximum atomic E-state index is 12.4. The number of anilines is 1. The van der Waals surface area contributed by atoms with Crippen LogP contribution in [-0.4, -0.2) is 25.0 Å². The minimum Gasteiger partial charge on any atom is -0.316 e. The number of urea groups is 1. The molecule has 0 saturated heterocycles. The maximum absolute atomic E-state index is 12.4. The van der Waals surface area contributed by atoms with E-state index in [-0.39, 0.29) is 12.1 Å². The van der Waals surface area contributed by atoms with Crippen LogP contribution in [0.15, 0.2) is 53.0 Å². The lowest BCUT2D eigenvalue weighted by Crippen LogP contribution is -2.46. The molecule has 0 saturated carbocycles. The molecular weight excluding hydrogens is 316 g/mol. The summed E-state index contributed by atoms with van der Waals surface area (Å²) in [6.45, 7) is 0. The van der Waals surface area contributed by atoms with Gasteiger partial charge in [-0.05, 0) is 23.8 Å². The predicted octanol–water partition coefficient (Wildman–Crippen LogP) is 4.04. The highest BCUT2D eigenvalue weighted by atomic mass is 79.9. The van der Waals surface area contributed by atoms with Crippen molar-refractivity contribution in [2.24, 2.45) is 0 Å². The summed E-state index contributed by atoms with van der Waals surface area (Å²) in [4.78, 5) is 15.9. The predicted molar refractivity (Wildman–Crippen MR) is 84.0 cm³/mol. The molecule has 0 spiro atoms. The Morgan fingerprint density at radius 3 is 2.45 bits per heavy atom. The Morgan fingerprint density at radius 2 is 1.75 bits per heavy atom. The number of carbonyl (C=O) groups excluding carboxylic acids is 1. The molecule has 0 aromatic heterocycles. The van der Waals surface area contributed by atoms with Crippen molar-refractivity contribution >= 4 is 27.6 Å². The lowest BCUT2D eigenvalue weighted by atomic mass is 9.94. The average Bonchev–Trinajstić information content (AvgIpc) is 2.46. The quantitative estimate of drug-likeness (QED) is 0.774. The number of fused-ring (bicyclic) bond motifs is 1. The molecule has 4 heteroatoms. The largest absolute Gasteiger partial charge is 0.324 e. The van der Waals surface area contributed by atoms with Crippen LogP contribution in [0, 0.1) is 0 Å². The summed E-state index contributed by atoms with van der Waals surface area (Å²) < 4.78 is 1.02. The molecule has 0 N–H and O–H groups in total. The standard InChI is InChI=1S/C16H15BrN2O/c1-18-14-9-8-12(17)10-13(14)15(19(2)16(18)20)11-6-4-3-5-7-11/h3-10,15H,1-2H3/t15-/m1/s1. The topological polar surface area (TPSA) is 23.6 Å². The summed E-state index contributed by atoms with van der Waals surface area (Å²) in [5.74, 6) is 0. The van der Waals surface area contributed by atoms with E-state index in [1.165, 1.54) is 0 Å². The fourth-order valence-corrected chi connectivity index (χ4v) is 3.13. The van der Waals surface area contributed by atoms with Gasteiger partial charge in [-0.2, -0.15) is 0 Å². The molecule has 0 bridgehead atoms. The number of amides is 2. The molecule has 0 radical (unpaired) electrons. The summed E-state index contributed by atoms with van der Waals surface area (Å²) in [7, 11) is 3.66. The average molecular weight is 331 g/mol. The van der Waals surface area contributed by atoms with E-state index in [9.17, 15) is 4.79 Å². The second kappa shape index (κ2) is 4.94. The van der Waals surface area contributed by atoms with Gasteiger partial charge < -0.3 is 4.90 Å². The van der Waals surface area contributed by atoms with E-state index >= 15 is 0 Å². The van der Waals surface area contributed by atoms with Gasteiger partial charge in [0.2, 0.25) is 0 Å². The van der Waals surface area contributed by atoms with Gasteiger partial charge in [-0.3, -0.25) is 4.90 Å². The van der Waals surface area contributed by atoms with Crippen molar-refractivity contribution in [2.45, 2.75) is 6.04 Å². The van der Waals surface area contributed by atoms with Gasteiger partial charge in [0.25, 0.3) is 0 Å². The van der Waals surface area contributed by atoms with Crippen LogP contribution in [0.4, 0.5) is 10.5 Å². The molecule has 1 heterocycles. The second-order valence-corrected chi connectivity index (χ2v) is 5.88. The SMILES string of the molecule is CN1C(=O)N(C)[C@H](c2ccccc2)c2cc(Br)ccc21. The number of hydrogen-bond donors (Lipinski definition) is 0. The van der Waals surface area contributed by atoms with Gasteiger partial charge in [-0.25, -0.2) is 4.79 Å². The molecule has 0 aliphatic carbocycles. The number of halogens is 1. The highest BCUT2D eigenvalue weighted by Gasteiger charge is 2.34. The van der Waals surface area contributed by atoms with Crippen molar-refractivity contribution < 1.29 is 4.79 Å². The van der Waals surface area contributed by atoms with Gasteiger partial charge in [-0.1, -0.05) is 46.3 Å². The van der Waals surface area contributed by atoms with Crippen molar-refractivity contribution in [3.05, 3.63) is 64.1 Å². The van der Waals surface area contributed by atoms with E-state index in [1.807, 2.05) is 44.4 Å². The molecule has 0 fully saturated rings. The van der Waals surface area contributed by atoms with Crippen molar-refractivity contribution in [1.82, 2.24) is 4.90 Å². The van der Waals surface area contributed by atoms with E-state index < -0.39 is 0 Å². The van der Waals surface area contributed by atoms with Gasteiger partial charge in [0.15, 0.2) is 0 Å². The Kier molecular flexibility index (Phi) is 3.26. The van der Waals surface area contributed by atoms with E-state index in [4.69, 9.17) is 0 Å². The normalized spacial score (nSPS) is 18.1. The third kappa shape index (κ3) is 2.00. The fraction of sp³-hybridized carbons (Fsp3) is 0.188. The molecule has 1 atom stereocenters. The maximum Gasteiger partial charge on any atom is 0.324 e. The Morgan fingerprint density at radius 1 is 1.05 bits per heavy atom. The van der Waals surface area contributed by atoms with Crippen molar-refractivity contribution in [1.29, 1.82) is 0 Å². The Hall–Kier alpha value is -1.81. The molecule has 3 rings (SSSR count). The van der Waals surface area contributed by atoms with Crippen LogP contribution in [0.1, 0.15) is 17.2 Å². The molecule has 1 aliphatic heterocycles. The summed E-state index contributed by atoms with van der Waals surface area (Å²) in [5, 5.41) is 0. The fourth-order valence-electron chi connectivity index (χ4n) is 2.75. The van der Waals surface area contributed by atoms with Gasteiger partial charge in [0.1, 0.15) is 0 Å². The van der Waals surface area contributed by atoms with Crippen molar-refractivity contribution in [3.8, 4) is 0 Å². The Balaban J connectivity index is 2.21. The first-order valence-corrected chi connectivity index (χ1v) is 7.24. The van der Waals surface area contributed by atoms with Crippen LogP contribution in [0.5, 0.6) is 0 Å². The zero-order valence-electron chi connectivity index (χ0n) is 11.4. The molecule has 2 aromatic rings. The van der Waals surface area contributed by atoms with Gasteiger partial charge in [0, 0.05) is 24.1 Å². The van der Waals surface area contributed by atoms with E-state index in [0.29, 0.717) is 0 Å². The number of rotatable bonds is 1. The van der Waals surface area contributed by atoms with Crippen LogP contribution in [0.2, 0.25) is 0 Å². The first-order valence-electron chi connectivity index (χ1n) is 6.44. The third-order valence-electron chi connectivity index (χ3n) is 3.74. The van der Waals surface area contributed by atoms with Crippen LogP contribution >= 0.6 is 15.9 Å². The van der Waals surface area contributed by atoms with Crippen LogP contribution in [0.3, 0.4) is 0 Å². The molecule has 20 heavy (non-hydrogen) atoms. The Labute approximate surface area is 126 Å². The number of carbonyl (C=O) groups is 1. The monoisotopic (exact) mass is 330 g/mol. The zero-order chi connectivity index (χ0) is 14.3. The number of hydrogen-bond acceptors (Lipinski definition) is 1. The number of benzene rings is 2. The molecule has 2 aromatic carbocycles. The van der Waals surface area contributed by atoms with Crippen LogP contribution < -0.4 is 4.90 Å². The summed E-state index contributed by atoms with van der Waals surface area (Å²) >= 11 is 3.52. The smallest absolute Gasteiger partial charge is 0.316 e.